The number of aryl methyl sites for hydroxylation is 1. The zero-order chi connectivity index (χ0) is 12.0. The topological polar surface area (TPSA) is 34.1 Å². The quantitative estimate of drug-likeness (QED) is 0.778. The van der Waals surface area contributed by atoms with E-state index < -0.39 is 0 Å². The van der Waals surface area contributed by atoms with Crippen molar-refractivity contribution in [3.8, 4) is 0 Å². The van der Waals surface area contributed by atoms with E-state index >= 15 is 0 Å². The van der Waals surface area contributed by atoms with Crippen LogP contribution < -0.4 is 5.32 Å². The lowest BCUT2D eigenvalue weighted by Crippen LogP contribution is -2.38. The molecule has 0 saturated carbocycles. The van der Waals surface area contributed by atoms with Crippen molar-refractivity contribution >= 4 is 11.3 Å². The SMILES string of the molecule is Cc1ncsc1CCOCCNC(C)(C)C. The fourth-order valence-corrected chi connectivity index (χ4v) is 2.09. The average Bonchev–Trinajstić information content (AvgIpc) is 2.56. The first kappa shape index (κ1) is 13.6. The minimum Gasteiger partial charge on any atom is -0.380 e. The number of aromatic nitrogens is 1. The van der Waals surface area contributed by atoms with E-state index in [2.05, 4.69) is 31.1 Å². The summed E-state index contributed by atoms with van der Waals surface area (Å²) in [7, 11) is 0. The summed E-state index contributed by atoms with van der Waals surface area (Å²) in [5.41, 5.74) is 3.21. The molecule has 0 aromatic carbocycles. The van der Waals surface area contributed by atoms with Crippen molar-refractivity contribution in [2.24, 2.45) is 0 Å². The molecule has 0 spiro atoms. The van der Waals surface area contributed by atoms with Crippen LogP contribution in [0.2, 0.25) is 0 Å². The van der Waals surface area contributed by atoms with Crippen LogP contribution in [0.1, 0.15) is 31.3 Å². The standard InChI is InChI=1S/C12H22N2OS/c1-10-11(16-9-13-10)5-7-15-8-6-14-12(2,3)4/h9,14H,5-8H2,1-4H3. The Bertz CT molecular complexity index is 304. The zero-order valence-electron chi connectivity index (χ0n) is 10.7. The van der Waals surface area contributed by atoms with Gasteiger partial charge in [0.1, 0.15) is 0 Å². The summed E-state index contributed by atoms with van der Waals surface area (Å²) in [4.78, 5) is 5.55. The first-order chi connectivity index (χ1) is 7.49. The number of hydrogen-bond donors (Lipinski definition) is 1. The first-order valence-electron chi connectivity index (χ1n) is 5.71. The smallest absolute Gasteiger partial charge is 0.0797 e. The Labute approximate surface area is 102 Å². The summed E-state index contributed by atoms with van der Waals surface area (Å²) >= 11 is 1.71. The van der Waals surface area contributed by atoms with E-state index in [0.717, 1.165) is 31.9 Å². The molecule has 16 heavy (non-hydrogen) atoms. The summed E-state index contributed by atoms with van der Waals surface area (Å²) in [6.07, 6.45) is 0.978. The predicted octanol–water partition coefficient (Wildman–Crippen LogP) is 2.40. The highest BCUT2D eigenvalue weighted by molar-refractivity contribution is 7.09. The largest absolute Gasteiger partial charge is 0.380 e. The van der Waals surface area contributed by atoms with Gasteiger partial charge >= 0.3 is 0 Å². The van der Waals surface area contributed by atoms with E-state index in [-0.39, 0.29) is 5.54 Å². The Hall–Kier alpha value is -0.450. The Kier molecular flexibility index (Phi) is 5.38. The lowest BCUT2D eigenvalue weighted by Gasteiger charge is -2.20. The molecule has 0 aliphatic rings. The fourth-order valence-electron chi connectivity index (χ4n) is 1.33. The minimum absolute atomic E-state index is 0.178. The number of hydrogen-bond acceptors (Lipinski definition) is 4. The van der Waals surface area contributed by atoms with Gasteiger partial charge in [0.2, 0.25) is 0 Å². The maximum atomic E-state index is 5.57. The Balaban J connectivity index is 2.03. The third-order valence-electron chi connectivity index (χ3n) is 2.22. The van der Waals surface area contributed by atoms with E-state index in [9.17, 15) is 0 Å². The lowest BCUT2D eigenvalue weighted by molar-refractivity contribution is 0.134. The Morgan fingerprint density at radius 3 is 2.69 bits per heavy atom. The van der Waals surface area contributed by atoms with Gasteiger partial charge in [-0.3, -0.25) is 0 Å². The minimum atomic E-state index is 0.178. The van der Waals surface area contributed by atoms with Gasteiger partial charge in [0.15, 0.2) is 0 Å². The monoisotopic (exact) mass is 242 g/mol. The normalized spacial score (nSPS) is 12.0. The third kappa shape index (κ3) is 5.58. The first-order valence-corrected chi connectivity index (χ1v) is 6.59. The highest BCUT2D eigenvalue weighted by Gasteiger charge is 2.07. The van der Waals surface area contributed by atoms with Crippen LogP contribution in [0, 0.1) is 6.92 Å². The molecule has 1 aromatic heterocycles. The van der Waals surface area contributed by atoms with Crippen LogP contribution >= 0.6 is 11.3 Å². The van der Waals surface area contributed by atoms with Crippen molar-refractivity contribution in [3.05, 3.63) is 16.1 Å². The van der Waals surface area contributed by atoms with Gasteiger partial charge in [-0.25, -0.2) is 4.98 Å². The zero-order valence-corrected chi connectivity index (χ0v) is 11.5. The molecule has 0 amide bonds. The van der Waals surface area contributed by atoms with Crippen LogP contribution in [0.15, 0.2) is 5.51 Å². The number of rotatable bonds is 6. The number of nitrogens with zero attached hydrogens (tertiary/aromatic N) is 1. The maximum Gasteiger partial charge on any atom is 0.0797 e. The van der Waals surface area contributed by atoms with Crippen molar-refractivity contribution in [2.45, 2.75) is 39.7 Å². The van der Waals surface area contributed by atoms with Gasteiger partial charge in [-0.15, -0.1) is 11.3 Å². The van der Waals surface area contributed by atoms with E-state index in [1.807, 2.05) is 12.4 Å². The molecule has 0 saturated heterocycles. The van der Waals surface area contributed by atoms with Crippen molar-refractivity contribution in [1.82, 2.24) is 10.3 Å². The molecule has 1 N–H and O–H groups in total. The van der Waals surface area contributed by atoms with Crippen molar-refractivity contribution in [1.29, 1.82) is 0 Å². The van der Waals surface area contributed by atoms with Gasteiger partial charge in [-0.1, -0.05) is 0 Å². The van der Waals surface area contributed by atoms with Crippen LogP contribution in [-0.4, -0.2) is 30.3 Å². The highest BCUT2D eigenvalue weighted by atomic mass is 32.1. The van der Waals surface area contributed by atoms with Gasteiger partial charge < -0.3 is 10.1 Å². The number of ether oxygens (including phenoxy) is 1. The fraction of sp³-hybridized carbons (Fsp3) is 0.750. The summed E-state index contributed by atoms with van der Waals surface area (Å²) < 4.78 is 5.57. The second kappa shape index (κ2) is 6.33. The molecule has 0 radical (unpaired) electrons. The number of thiazole rings is 1. The van der Waals surface area contributed by atoms with Crippen molar-refractivity contribution in [3.63, 3.8) is 0 Å². The molecule has 0 fully saturated rings. The molecule has 0 atom stereocenters. The van der Waals surface area contributed by atoms with Crippen LogP contribution in [0.4, 0.5) is 0 Å². The third-order valence-corrected chi connectivity index (χ3v) is 3.21. The van der Waals surface area contributed by atoms with Gasteiger partial charge in [-0.2, -0.15) is 0 Å². The highest BCUT2D eigenvalue weighted by Crippen LogP contribution is 2.12. The lowest BCUT2D eigenvalue weighted by atomic mass is 10.1. The van der Waals surface area contributed by atoms with Crippen LogP contribution in [0.3, 0.4) is 0 Å². The molecule has 1 heterocycles. The van der Waals surface area contributed by atoms with Gasteiger partial charge in [0.25, 0.3) is 0 Å². The van der Waals surface area contributed by atoms with E-state index in [0.29, 0.717) is 0 Å². The molecule has 0 aliphatic carbocycles. The van der Waals surface area contributed by atoms with Gasteiger partial charge in [0.05, 0.1) is 24.4 Å². The number of nitrogens with one attached hydrogen (secondary N) is 1. The molecule has 0 bridgehead atoms. The molecule has 92 valence electrons. The van der Waals surface area contributed by atoms with Crippen molar-refractivity contribution in [2.75, 3.05) is 19.8 Å². The second-order valence-corrected chi connectivity index (χ2v) is 5.84. The van der Waals surface area contributed by atoms with E-state index in [1.165, 1.54) is 4.88 Å². The summed E-state index contributed by atoms with van der Waals surface area (Å²) in [6.45, 7) is 11.0. The Morgan fingerprint density at radius 1 is 1.38 bits per heavy atom. The van der Waals surface area contributed by atoms with Gasteiger partial charge in [-0.05, 0) is 27.7 Å². The van der Waals surface area contributed by atoms with Crippen LogP contribution in [0.25, 0.3) is 0 Å². The molecule has 0 aliphatic heterocycles. The molecule has 0 unspecified atom stereocenters. The predicted molar refractivity (Wildman–Crippen MR) is 69.1 cm³/mol. The Morgan fingerprint density at radius 2 is 2.12 bits per heavy atom. The molecular formula is C12H22N2OS. The van der Waals surface area contributed by atoms with Crippen molar-refractivity contribution < 1.29 is 4.74 Å². The molecule has 1 aromatic rings. The summed E-state index contributed by atoms with van der Waals surface area (Å²) in [5.74, 6) is 0. The molecular weight excluding hydrogens is 220 g/mol. The maximum absolute atomic E-state index is 5.57. The van der Waals surface area contributed by atoms with Crippen LogP contribution in [-0.2, 0) is 11.2 Å². The van der Waals surface area contributed by atoms with Gasteiger partial charge in [0, 0.05) is 23.4 Å². The molecule has 3 nitrogen and oxygen atoms in total. The van der Waals surface area contributed by atoms with E-state index in [4.69, 9.17) is 4.74 Å². The second-order valence-electron chi connectivity index (χ2n) is 4.90. The summed E-state index contributed by atoms with van der Waals surface area (Å²) in [6, 6.07) is 0. The molecule has 4 heteroatoms. The van der Waals surface area contributed by atoms with Crippen LogP contribution in [0.5, 0.6) is 0 Å². The average molecular weight is 242 g/mol. The summed E-state index contributed by atoms with van der Waals surface area (Å²) in [5, 5.41) is 3.39. The van der Waals surface area contributed by atoms with E-state index in [1.54, 1.807) is 11.3 Å². The molecule has 1 rings (SSSR count).